The van der Waals surface area contributed by atoms with E-state index >= 15 is 0 Å². The van der Waals surface area contributed by atoms with E-state index in [1.54, 1.807) is 30.3 Å². The number of halogens is 2. The van der Waals surface area contributed by atoms with Crippen molar-refractivity contribution in [3.8, 4) is 11.5 Å². The molecule has 0 spiro atoms. The maximum Gasteiger partial charge on any atom is 0.173 e. The minimum absolute atomic E-state index is 0.0119. The molecule has 0 aliphatic rings. The van der Waals surface area contributed by atoms with Crippen LogP contribution < -0.4 is 10.5 Å². The largest absolute Gasteiger partial charge is 0.457 e. The summed E-state index contributed by atoms with van der Waals surface area (Å²) in [6.07, 6.45) is 0.807. The van der Waals surface area contributed by atoms with Crippen molar-refractivity contribution in [2.75, 3.05) is 0 Å². The Balaban J connectivity index is 2.41. The number of oxime groups is 1. The Bertz CT molecular complexity index is 689. The van der Waals surface area contributed by atoms with Gasteiger partial charge in [0.25, 0.3) is 0 Å². The fourth-order valence-corrected chi connectivity index (χ4v) is 2.45. The van der Waals surface area contributed by atoms with Gasteiger partial charge in [-0.3, -0.25) is 0 Å². The molecule has 0 aliphatic carbocycles. The Morgan fingerprint density at radius 1 is 1.33 bits per heavy atom. The summed E-state index contributed by atoms with van der Waals surface area (Å²) in [5, 5.41) is 12.6. The van der Waals surface area contributed by atoms with Crippen molar-refractivity contribution in [1.29, 1.82) is 0 Å². The first-order valence-corrected chi connectivity index (χ1v) is 7.46. The fourth-order valence-electron chi connectivity index (χ4n) is 1.86. The molecular formula is C15H14BrClN2O2. The number of nitrogens with zero attached hydrogens (tertiary/aromatic N) is 1. The molecule has 2 rings (SSSR count). The number of aryl methyl sites for hydroxylation is 1. The molecule has 0 fully saturated rings. The van der Waals surface area contributed by atoms with E-state index in [2.05, 4.69) is 21.1 Å². The minimum Gasteiger partial charge on any atom is -0.457 e. The van der Waals surface area contributed by atoms with E-state index in [-0.39, 0.29) is 5.84 Å². The predicted octanol–water partition coefficient (Wildman–Crippen LogP) is 4.55. The molecule has 2 aromatic carbocycles. The molecule has 0 saturated carbocycles. The van der Waals surface area contributed by atoms with Crippen LogP contribution in [0.3, 0.4) is 0 Å². The quantitative estimate of drug-likeness (QED) is 0.359. The highest BCUT2D eigenvalue weighted by Gasteiger charge is 2.11. The number of amidine groups is 1. The first kappa shape index (κ1) is 15.7. The standard InChI is InChI=1S/C15H14BrClN2O2/c1-2-9-7-11(4-6-13(9)17)21-14-8-10(16)3-5-12(14)15(18)19-20/h3-8,20H,2H2,1H3,(H2,18,19). The van der Waals surface area contributed by atoms with Crippen LogP contribution >= 0.6 is 27.5 Å². The third-order valence-corrected chi connectivity index (χ3v) is 3.82. The zero-order valence-electron chi connectivity index (χ0n) is 11.3. The van der Waals surface area contributed by atoms with Gasteiger partial charge in [-0.1, -0.05) is 39.6 Å². The third-order valence-electron chi connectivity index (χ3n) is 2.95. The van der Waals surface area contributed by atoms with Gasteiger partial charge in [-0.05, 0) is 48.4 Å². The SMILES string of the molecule is CCc1cc(Oc2cc(Br)ccc2/C(N)=N/O)ccc1Cl. The Morgan fingerprint density at radius 2 is 2.10 bits per heavy atom. The molecule has 6 heteroatoms. The maximum atomic E-state index is 8.84. The summed E-state index contributed by atoms with van der Waals surface area (Å²) in [5.41, 5.74) is 7.17. The van der Waals surface area contributed by atoms with E-state index in [0.29, 0.717) is 22.1 Å². The van der Waals surface area contributed by atoms with E-state index in [1.165, 1.54) is 0 Å². The second-order valence-electron chi connectivity index (χ2n) is 4.33. The van der Waals surface area contributed by atoms with Crippen molar-refractivity contribution in [2.45, 2.75) is 13.3 Å². The molecule has 21 heavy (non-hydrogen) atoms. The van der Waals surface area contributed by atoms with Gasteiger partial charge in [-0.15, -0.1) is 0 Å². The number of hydrogen-bond donors (Lipinski definition) is 2. The highest BCUT2D eigenvalue weighted by molar-refractivity contribution is 9.10. The maximum absolute atomic E-state index is 8.84. The van der Waals surface area contributed by atoms with E-state index in [4.69, 9.17) is 27.3 Å². The first-order chi connectivity index (χ1) is 10.0. The van der Waals surface area contributed by atoms with Crippen LogP contribution in [0.25, 0.3) is 0 Å². The van der Waals surface area contributed by atoms with Crippen LogP contribution in [-0.4, -0.2) is 11.0 Å². The summed E-state index contributed by atoms with van der Waals surface area (Å²) in [6.45, 7) is 2.02. The highest BCUT2D eigenvalue weighted by Crippen LogP contribution is 2.31. The van der Waals surface area contributed by atoms with Crippen molar-refractivity contribution in [2.24, 2.45) is 10.9 Å². The van der Waals surface area contributed by atoms with E-state index in [0.717, 1.165) is 16.5 Å². The van der Waals surface area contributed by atoms with Crippen LogP contribution in [0.1, 0.15) is 18.1 Å². The second-order valence-corrected chi connectivity index (χ2v) is 5.66. The van der Waals surface area contributed by atoms with Crippen molar-refractivity contribution < 1.29 is 9.94 Å². The summed E-state index contributed by atoms with van der Waals surface area (Å²) >= 11 is 9.47. The Kier molecular flexibility index (Phi) is 5.09. The normalized spacial score (nSPS) is 11.5. The highest BCUT2D eigenvalue weighted by atomic mass is 79.9. The van der Waals surface area contributed by atoms with Gasteiger partial charge in [-0.25, -0.2) is 0 Å². The minimum atomic E-state index is -0.0119. The van der Waals surface area contributed by atoms with Crippen molar-refractivity contribution >= 4 is 33.4 Å². The summed E-state index contributed by atoms with van der Waals surface area (Å²) in [6, 6.07) is 10.7. The zero-order valence-corrected chi connectivity index (χ0v) is 13.6. The van der Waals surface area contributed by atoms with Gasteiger partial charge in [0.05, 0.1) is 5.56 Å². The molecule has 0 radical (unpaired) electrons. The number of benzene rings is 2. The zero-order chi connectivity index (χ0) is 15.4. The van der Waals surface area contributed by atoms with Crippen LogP contribution in [0.2, 0.25) is 5.02 Å². The van der Waals surface area contributed by atoms with Crippen LogP contribution in [0, 0.1) is 0 Å². The lowest BCUT2D eigenvalue weighted by molar-refractivity contribution is 0.318. The van der Waals surface area contributed by atoms with Crippen molar-refractivity contribution in [3.05, 3.63) is 57.0 Å². The molecule has 0 heterocycles. The average molecular weight is 370 g/mol. The summed E-state index contributed by atoms with van der Waals surface area (Å²) in [5.74, 6) is 1.12. The first-order valence-electron chi connectivity index (χ1n) is 6.29. The Morgan fingerprint density at radius 3 is 2.76 bits per heavy atom. The smallest absolute Gasteiger partial charge is 0.173 e. The third kappa shape index (κ3) is 3.68. The number of nitrogens with two attached hydrogens (primary N) is 1. The van der Waals surface area contributed by atoms with E-state index in [1.807, 2.05) is 13.0 Å². The number of ether oxygens (including phenoxy) is 1. The molecule has 0 aromatic heterocycles. The predicted molar refractivity (Wildman–Crippen MR) is 87.6 cm³/mol. The van der Waals surface area contributed by atoms with E-state index in [9.17, 15) is 0 Å². The monoisotopic (exact) mass is 368 g/mol. The lowest BCUT2D eigenvalue weighted by atomic mass is 10.1. The van der Waals surface area contributed by atoms with Crippen molar-refractivity contribution in [3.63, 3.8) is 0 Å². The molecule has 0 aliphatic heterocycles. The molecule has 0 amide bonds. The second kappa shape index (κ2) is 6.83. The van der Waals surface area contributed by atoms with Crippen LogP contribution in [0.5, 0.6) is 11.5 Å². The lowest BCUT2D eigenvalue weighted by Gasteiger charge is -2.12. The molecule has 0 saturated heterocycles. The van der Waals surface area contributed by atoms with E-state index < -0.39 is 0 Å². The fraction of sp³-hybridized carbons (Fsp3) is 0.133. The van der Waals surface area contributed by atoms with Gasteiger partial charge in [0.1, 0.15) is 11.5 Å². The Hall–Kier alpha value is -1.72. The number of hydrogen-bond acceptors (Lipinski definition) is 3. The molecule has 0 unspecified atom stereocenters. The molecule has 110 valence electrons. The summed E-state index contributed by atoms with van der Waals surface area (Å²) < 4.78 is 6.68. The van der Waals surface area contributed by atoms with Gasteiger partial charge >= 0.3 is 0 Å². The van der Waals surface area contributed by atoms with Crippen LogP contribution in [0.4, 0.5) is 0 Å². The molecular weight excluding hydrogens is 356 g/mol. The molecule has 0 atom stereocenters. The van der Waals surface area contributed by atoms with Gasteiger partial charge in [0, 0.05) is 9.50 Å². The molecule has 2 aromatic rings. The molecule has 0 bridgehead atoms. The lowest BCUT2D eigenvalue weighted by Crippen LogP contribution is -2.14. The van der Waals surface area contributed by atoms with Gasteiger partial charge in [0.15, 0.2) is 5.84 Å². The summed E-state index contributed by atoms with van der Waals surface area (Å²) in [4.78, 5) is 0. The van der Waals surface area contributed by atoms with Crippen LogP contribution in [0.15, 0.2) is 46.0 Å². The van der Waals surface area contributed by atoms with Crippen molar-refractivity contribution in [1.82, 2.24) is 0 Å². The summed E-state index contributed by atoms with van der Waals surface area (Å²) in [7, 11) is 0. The van der Waals surface area contributed by atoms with Gasteiger partial charge < -0.3 is 15.7 Å². The number of rotatable bonds is 4. The van der Waals surface area contributed by atoms with Gasteiger partial charge in [0.2, 0.25) is 0 Å². The molecule has 3 N–H and O–H groups in total. The van der Waals surface area contributed by atoms with Gasteiger partial charge in [-0.2, -0.15) is 0 Å². The Labute approximate surface area is 136 Å². The molecule has 4 nitrogen and oxygen atoms in total. The average Bonchev–Trinajstić information content (AvgIpc) is 2.48. The topological polar surface area (TPSA) is 67.8 Å². The van der Waals surface area contributed by atoms with Crippen LogP contribution in [-0.2, 0) is 6.42 Å².